The number of rotatable bonds is 3. The van der Waals surface area contributed by atoms with Crippen molar-refractivity contribution >= 4 is 11.8 Å². The highest BCUT2D eigenvalue weighted by molar-refractivity contribution is 5.90. The molecule has 2 rings (SSSR count). The summed E-state index contributed by atoms with van der Waals surface area (Å²) in [5, 5.41) is 2.58. The number of amides is 2. The summed E-state index contributed by atoms with van der Waals surface area (Å²) in [5.41, 5.74) is 0. The summed E-state index contributed by atoms with van der Waals surface area (Å²) in [6, 6.07) is -1.02. The molecule has 0 aliphatic carbocycles. The molecule has 2 heterocycles. The smallest absolute Gasteiger partial charge is 0.376 e. The lowest BCUT2D eigenvalue weighted by molar-refractivity contribution is -0.186. The number of hydrogen-bond acceptors (Lipinski definition) is 3. The molecule has 0 aromatic rings. The number of carbonyl (C=O) groups is 2. The minimum Gasteiger partial charge on any atom is -0.376 e. The summed E-state index contributed by atoms with van der Waals surface area (Å²) in [6.07, 6.45) is -2.60. The van der Waals surface area contributed by atoms with Gasteiger partial charge in [0.05, 0.1) is 6.10 Å². The van der Waals surface area contributed by atoms with Crippen LogP contribution in [0, 0.1) is 0 Å². The lowest BCUT2D eigenvalue weighted by Crippen LogP contribution is -2.51. The summed E-state index contributed by atoms with van der Waals surface area (Å²) in [7, 11) is 0. The van der Waals surface area contributed by atoms with Gasteiger partial charge in [-0.1, -0.05) is 0 Å². The van der Waals surface area contributed by atoms with Crippen LogP contribution in [-0.2, 0) is 14.3 Å². The van der Waals surface area contributed by atoms with Gasteiger partial charge in [0.1, 0.15) is 6.04 Å². The van der Waals surface area contributed by atoms with Crippen molar-refractivity contribution in [2.75, 3.05) is 19.7 Å². The normalized spacial score (nSPS) is 26.9. The van der Waals surface area contributed by atoms with E-state index in [1.165, 1.54) is 0 Å². The van der Waals surface area contributed by atoms with E-state index < -0.39 is 24.0 Å². The lowest BCUT2D eigenvalue weighted by atomic mass is 10.2. The molecule has 2 saturated heterocycles. The highest BCUT2D eigenvalue weighted by atomic mass is 19.4. The van der Waals surface area contributed by atoms with Crippen molar-refractivity contribution < 1.29 is 27.5 Å². The summed E-state index contributed by atoms with van der Waals surface area (Å²) < 4.78 is 42.6. The number of alkyl halides is 3. The maximum absolute atomic E-state index is 12.4. The Kier molecular flexibility index (Phi) is 4.52. The minimum atomic E-state index is -4.93. The maximum Gasteiger partial charge on any atom is 0.471 e. The van der Waals surface area contributed by atoms with Crippen molar-refractivity contribution in [1.29, 1.82) is 0 Å². The Balaban J connectivity index is 1.89. The van der Waals surface area contributed by atoms with Crippen LogP contribution in [0.3, 0.4) is 0 Å². The van der Waals surface area contributed by atoms with Gasteiger partial charge in [-0.3, -0.25) is 9.59 Å². The first-order valence-corrected chi connectivity index (χ1v) is 6.66. The zero-order chi connectivity index (χ0) is 14.8. The van der Waals surface area contributed by atoms with Gasteiger partial charge in [0.15, 0.2) is 0 Å². The molecule has 20 heavy (non-hydrogen) atoms. The number of halogens is 3. The van der Waals surface area contributed by atoms with E-state index in [1.807, 2.05) is 0 Å². The fourth-order valence-electron chi connectivity index (χ4n) is 2.58. The molecular weight excluding hydrogens is 277 g/mol. The second-order valence-electron chi connectivity index (χ2n) is 5.03. The molecule has 2 aliphatic heterocycles. The van der Waals surface area contributed by atoms with Crippen LogP contribution in [0.5, 0.6) is 0 Å². The number of likely N-dealkylation sites (tertiary alicyclic amines) is 1. The highest BCUT2D eigenvalue weighted by Crippen LogP contribution is 2.25. The van der Waals surface area contributed by atoms with E-state index >= 15 is 0 Å². The van der Waals surface area contributed by atoms with Gasteiger partial charge >= 0.3 is 12.1 Å². The first kappa shape index (κ1) is 15.1. The fourth-order valence-corrected chi connectivity index (χ4v) is 2.58. The van der Waals surface area contributed by atoms with Crippen LogP contribution in [0.1, 0.15) is 25.7 Å². The SMILES string of the molecule is O=C(NCC1CCCO1)C1CCCN1C(=O)C(F)(F)F. The molecule has 0 bridgehead atoms. The van der Waals surface area contributed by atoms with Crippen LogP contribution in [0.4, 0.5) is 13.2 Å². The second kappa shape index (κ2) is 5.99. The lowest BCUT2D eigenvalue weighted by Gasteiger charge is -2.25. The van der Waals surface area contributed by atoms with Crippen LogP contribution < -0.4 is 5.32 Å². The Morgan fingerprint density at radius 2 is 2.00 bits per heavy atom. The molecule has 0 radical (unpaired) electrons. The van der Waals surface area contributed by atoms with Crippen LogP contribution in [0.15, 0.2) is 0 Å². The molecule has 2 atom stereocenters. The van der Waals surface area contributed by atoms with Gasteiger partial charge in [-0.05, 0) is 25.7 Å². The van der Waals surface area contributed by atoms with Crippen LogP contribution in [0.2, 0.25) is 0 Å². The zero-order valence-electron chi connectivity index (χ0n) is 10.9. The van der Waals surface area contributed by atoms with E-state index in [0.717, 1.165) is 12.8 Å². The Morgan fingerprint density at radius 1 is 1.25 bits per heavy atom. The number of ether oxygens (including phenoxy) is 1. The van der Waals surface area contributed by atoms with Gasteiger partial charge in [-0.2, -0.15) is 13.2 Å². The van der Waals surface area contributed by atoms with E-state index in [2.05, 4.69) is 5.32 Å². The van der Waals surface area contributed by atoms with Crippen molar-refractivity contribution in [3.8, 4) is 0 Å². The van der Waals surface area contributed by atoms with Crippen molar-refractivity contribution in [2.45, 2.75) is 44.0 Å². The largest absolute Gasteiger partial charge is 0.471 e. The monoisotopic (exact) mass is 294 g/mol. The molecule has 5 nitrogen and oxygen atoms in total. The summed E-state index contributed by atoms with van der Waals surface area (Å²) in [4.78, 5) is 23.8. The Bertz CT molecular complexity index is 381. The van der Waals surface area contributed by atoms with Crippen LogP contribution >= 0.6 is 0 Å². The van der Waals surface area contributed by atoms with Crippen LogP contribution in [-0.4, -0.2) is 54.7 Å². The van der Waals surface area contributed by atoms with Gasteiger partial charge < -0.3 is 15.0 Å². The number of nitrogens with one attached hydrogen (secondary N) is 1. The minimum absolute atomic E-state index is 0.0314. The first-order chi connectivity index (χ1) is 9.39. The molecule has 0 aromatic carbocycles. The Hall–Kier alpha value is -1.31. The van der Waals surface area contributed by atoms with Crippen molar-refractivity contribution in [3.63, 3.8) is 0 Å². The van der Waals surface area contributed by atoms with E-state index in [4.69, 9.17) is 4.74 Å². The van der Waals surface area contributed by atoms with Crippen molar-refractivity contribution in [3.05, 3.63) is 0 Å². The average molecular weight is 294 g/mol. The van der Waals surface area contributed by atoms with Gasteiger partial charge in [0.2, 0.25) is 5.91 Å². The van der Waals surface area contributed by atoms with E-state index in [0.29, 0.717) is 17.9 Å². The molecule has 2 fully saturated rings. The maximum atomic E-state index is 12.4. The molecule has 8 heteroatoms. The second-order valence-corrected chi connectivity index (χ2v) is 5.03. The van der Waals surface area contributed by atoms with Gasteiger partial charge in [-0.25, -0.2) is 0 Å². The van der Waals surface area contributed by atoms with E-state index in [9.17, 15) is 22.8 Å². The molecule has 114 valence electrons. The predicted molar refractivity (Wildman–Crippen MR) is 62.8 cm³/mol. The van der Waals surface area contributed by atoms with Crippen LogP contribution in [0.25, 0.3) is 0 Å². The Labute approximate surface area is 114 Å². The third kappa shape index (κ3) is 3.41. The molecule has 1 N–H and O–H groups in total. The molecular formula is C12H17F3N2O3. The third-order valence-electron chi connectivity index (χ3n) is 3.59. The zero-order valence-corrected chi connectivity index (χ0v) is 10.9. The predicted octanol–water partition coefficient (Wildman–Crippen LogP) is 0.835. The number of nitrogens with zero attached hydrogens (tertiary/aromatic N) is 1. The van der Waals surface area contributed by atoms with Gasteiger partial charge in [0.25, 0.3) is 0 Å². The highest BCUT2D eigenvalue weighted by Gasteiger charge is 2.47. The molecule has 2 aliphatic rings. The molecule has 0 spiro atoms. The fraction of sp³-hybridized carbons (Fsp3) is 0.833. The number of hydrogen-bond donors (Lipinski definition) is 1. The summed E-state index contributed by atoms with van der Waals surface area (Å²) >= 11 is 0. The topological polar surface area (TPSA) is 58.6 Å². The molecule has 2 unspecified atom stereocenters. The quantitative estimate of drug-likeness (QED) is 0.839. The Morgan fingerprint density at radius 3 is 2.60 bits per heavy atom. The molecule has 0 saturated carbocycles. The average Bonchev–Trinajstić information content (AvgIpc) is 3.04. The molecule has 2 amide bonds. The molecule has 0 aromatic heterocycles. The van der Waals surface area contributed by atoms with Gasteiger partial charge in [-0.15, -0.1) is 0 Å². The third-order valence-corrected chi connectivity index (χ3v) is 3.59. The number of carbonyl (C=O) groups excluding carboxylic acids is 2. The standard InChI is InChI=1S/C12H17F3N2O3/c13-12(14,15)11(19)17-5-1-4-9(17)10(18)16-7-8-3-2-6-20-8/h8-9H,1-7H2,(H,16,18). The van der Waals surface area contributed by atoms with Gasteiger partial charge in [0, 0.05) is 19.7 Å². The van der Waals surface area contributed by atoms with Crippen molar-refractivity contribution in [2.24, 2.45) is 0 Å². The van der Waals surface area contributed by atoms with Crippen molar-refractivity contribution in [1.82, 2.24) is 10.2 Å². The van der Waals surface area contributed by atoms with E-state index in [1.54, 1.807) is 0 Å². The summed E-state index contributed by atoms with van der Waals surface area (Å²) in [5.74, 6) is -2.47. The summed E-state index contributed by atoms with van der Waals surface area (Å²) in [6.45, 7) is 0.891. The first-order valence-electron chi connectivity index (χ1n) is 6.66. The van der Waals surface area contributed by atoms with E-state index in [-0.39, 0.29) is 25.6 Å².